The molecular formula is C12H16N4O2. The van der Waals surface area contributed by atoms with E-state index in [4.69, 9.17) is 11.6 Å². The van der Waals surface area contributed by atoms with E-state index in [9.17, 15) is 9.59 Å². The van der Waals surface area contributed by atoms with Crippen molar-refractivity contribution < 1.29 is 9.59 Å². The molecule has 1 heterocycles. The minimum Gasteiger partial charge on any atom is -0.316 e. The number of nitrogens with two attached hydrogens (primary N) is 2. The molecule has 0 saturated heterocycles. The number of hydrazine groups is 1. The van der Waals surface area contributed by atoms with Gasteiger partial charge >= 0.3 is 0 Å². The molecule has 96 valence electrons. The van der Waals surface area contributed by atoms with Gasteiger partial charge in [0.05, 0.1) is 6.42 Å². The Bertz CT molecular complexity index is 513. The van der Waals surface area contributed by atoms with E-state index in [2.05, 4.69) is 0 Å². The van der Waals surface area contributed by atoms with E-state index in [-0.39, 0.29) is 11.8 Å². The molecule has 1 atom stereocenters. The molecule has 1 aromatic carbocycles. The van der Waals surface area contributed by atoms with Crippen LogP contribution in [0.3, 0.4) is 0 Å². The predicted octanol–water partition coefficient (Wildman–Crippen LogP) is -0.463. The highest BCUT2D eigenvalue weighted by Crippen LogP contribution is 2.29. The minimum absolute atomic E-state index is 0.0398. The van der Waals surface area contributed by atoms with Gasteiger partial charge in [-0.1, -0.05) is 12.1 Å². The maximum absolute atomic E-state index is 11.7. The Morgan fingerprint density at radius 2 is 2.17 bits per heavy atom. The highest BCUT2D eigenvalue weighted by Gasteiger charge is 2.26. The number of hydrogen-bond donors (Lipinski definition) is 2. The van der Waals surface area contributed by atoms with Crippen molar-refractivity contribution in [2.45, 2.75) is 12.5 Å². The Balaban J connectivity index is 2.31. The smallest absolute Gasteiger partial charge is 0.257 e. The predicted molar refractivity (Wildman–Crippen MR) is 67.4 cm³/mol. The van der Waals surface area contributed by atoms with Crippen LogP contribution in [0.25, 0.3) is 0 Å². The van der Waals surface area contributed by atoms with Crippen LogP contribution in [0.15, 0.2) is 18.2 Å². The Labute approximate surface area is 105 Å². The van der Waals surface area contributed by atoms with Gasteiger partial charge in [-0.3, -0.25) is 14.6 Å². The number of amides is 2. The van der Waals surface area contributed by atoms with Gasteiger partial charge in [-0.25, -0.2) is 5.84 Å². The molecular weight excluding hydrogens is 232 g/mol. The molecule has 1 unspecified atom stereocenters. The first-order valence-electron chi connectivity index (χ1n) is 5.59. The fourth-order valence-electron chi connectivity index (χ4n) is 2.05. The van der Waals surface area contributed by atoms with Gasteiger partial charge in [0.1, 0.15) is 6.04 Å². The second-order valence-corrected chi connectivity index (χ2v) is 4.44. The number of nitrogens with zero attached hydrogens (tertiary/aromatic N) is 2. The van der Waals surface area contributed by atoms with Crippen molar-refractivity contribution in [1.82, 2.24) is 5.01 Å². The Morgan fingerprint density at radius 3 is 2.78 bits per heavy atom. The van der Waals surface area contributed by atoms with E-state index in [0.29, 0.717) is 12.0 Å². The van der Waals surface area contributed by atoms with E-state index in [1.807, 2.05) is 0 Å². The van der Waals surface area contributed by atoms with Gasteiger partial charge in [0.2, 0.25) is 5.91 Å². The molecule has 1 aromatic rings. The number of hydrogen-bond acceptors (Lipinski definition) is 4. The van der Waals surface area contributed by atoms with Crippen LogP contribution in [-0.4, -0.2) is 30.9 Å². The molecule has 0 aromatic heterocycles. The summed E-state index contributed by atoms with van der Waals surface area (Å²) in [5.41, 5.74) is 8.26. The lowest BCUT2D eigenvalue weighted by Gasteiger charge is -2.17. The van der Waals surface area contributed by atoms with Crippen LogP contribution < -0.4 is 16.5 Å². The molecule has 0 bridgehead atoms. The van der Waals surface area contributed by atoms with Gasteiger partial charge in [0.15, 0.2) is 0 Å². The zero-order valence-electron chi connectivity index (χ0n) is 10.4. The van der Waals surface area contributed by atoms with Crippen molar-refractivity contribution in [3.63, 3.8) is 0 Å². The van der Waals surface area contributed by atoms with Crippen molar-refractivity contribution in [1.29, 1.82) is 0 Å². The largest absolute Gasteiger partial charge is 0.316 e. The summed E-state index contributed by atoms with van der Waals surface area (Å²) in [6.45, 7) is 0. The van der Waals surface area contributed by atoms with Gasteiger partial charge in [-0.05, 0) is 17.2 Å². The molecule has 4 N–H and O–H groups in total. The van der Waals surface area contributed by atoms with Crippen LogP contribution in [0.2, 0.25) is 0 Å². The van der Waals surface area contributed by atoms with Crippen LogP contribution in [0.4, 0.5) is 5.69 Å². The summed E-state index contributed by atoms with van der Waals surface area (Å²) < 4.78 is 0. The van der Waals surface area contributed by atoms with E-state index >= 15 is 0 Å². The normalized spacial score (nSPS) is 15.6. The summed E-state index contributed by atoms with van der Waals surface area (Å²) in [4.78, 5) is 24.8. The second-order valence-electron chi connectivity index (χ2n) is 4.44. The third-order valence-corrected chi connectivity index (χ3v) is 3.15. The number of likely N-dealkylation sites (N-methyl/N-ethyl adjacent to an activating group) is 2. The van der Waals surface area contributed by atoms with Gasteiger partial charge in [-0.15, -0.1) is 0 Å². The summed E-state index contributed by atoms with van der Waals surface area (Å²) in [6, 6.07) is 4.55. The lowest BCUT2D eigenvalue weighted by atomic mass is 10.0. The number of carbonyl (C=O) groups excluding carboxylic acids is 2. The molecule has 6 nitrogen and oxygen atoms in total. The number of carbonyl (C=O) groups is 2. The highest BCUT2D eigenvalue weighted by molar-refractivity contribution is 6.01. The first kappa shape index (κ1) is 12.5. The molecule has 1 aliphatic heterocycles. The first-order chi connectivity index (χ1) is 8.41. The zero-order valence-corrected chi connectivity index (χ0v) is 10.4. The first-order valence-corrected chi connectivity index (χ1v) is 5.59. The molecule has 18 heavy (non-hydrogen) atoms. The second kappa shape index (κ2) is 4.40. The minimum atomic E-state index is -0.800. The topological polar surface area (TPSA) is 92.7 Å². The Morgan fingerprint density at radius 1 is 1.50 bits per heavy atom. The van der Waals surface area contributed by atoms with Gasteiger partial charge in [-0.2, -0.15) is 0 Å². The number of benzene rings is 1. The molecule has 0 fully saturated rings. The number of anilines is 1. The number of rotatable bonds is 2. The molecule has 6 heteroatoms. The van der Waals surface area contributed by atoms with Gasteiger partial charge in [0.25, 0.3) is 5.91 Å². The van der Waals surface area contributed by atoms with Crippen LogP contribution in [0.1, 0.15) is 17.2 Å². The van der Waals surface area contributed by atoms with Crippen molar-refractivity contribution in [2.75, 3.05) is 19.0 Å². The fraction of sp³-hybridized carbons (Fsp3) is 0.333. The van der Waals surface area contributed by atoms with Crippen molar-refractivity contribution in [3.8, 4) is 0 Å². The molecule has 2 amide bonds. The zero-order chi connectivity index (χ0) is 13.4. The lowest BCUT2D eigenvalue weighted by Crippen LogP contribution is -2.40. The maximum atomic E-state index is 11.7. The van der Waals surface area contributed by atoms with Crippen LogP contribution in [0.5, 0.6) is 0 Å². The van der Waals surface area contributed by atoms with Crippen molar-refractivity contribution in [3.05, 3.63) is 29.3 Å². The van der Waals surface area contributed by atoms with E-state index in [1.165, 1.54) is 7.05 Å². The summed E-state index contributed by atoms with van der Waals surface area (Å²) in [6.07, 6.45) is 0.346. The van der Waals surface area contributed by atoms with E-state index in [0.717, 1.165) is 16.3 Å². The van der Waals surface area contributed by atoms with Crippen LogP contribution >= 0.6 is 0 Å². The highest BCUT2D eigenvalue weighted by atomic mass is 16.2. The van der Waals surface area contributed by atoms with Gasteiger partial charge < -0.3 is 10.6 Å². The SMILES string of the molecule is CN(N)C(=O)C(N)c1ccc2c(c1)CC(=O)N2C. The van der Waals surface area contributed by atoms with Crippen molar-refractivity contribution in [2.24, 2.45) is 11.6 Å². The van der Waals surface area contributed by atoms with Crippen LogP contribution in [-0.2, 0) is 16.0 Å². The fourth-order valence-corrected chi connectivity index (χ4v) is 2.05. The average Bonchev–Trinajstić information content (AvgIpc) is 2.62. The third kappa shape index (κ3) is 1.96. The Hall–Kier alpha value is -1.92. The maximum Gasteiger partial charge on any atom is 0.257 e. The summed E-state index contributed by atoms with van der Waals surface area (Å²) >= 11 is 0. The summed E-state index contributed by atoms with van der Waals surface area (Å²) in [5, 5.41) is 0.967. The molecule has 0 aliphatic carbocycles. The van der Waals surface area contributed by atoms with Gasteiger partial charge in [0, 0.05) is 19.8 Å². The number of fused-ring (bicyclic) bond motifs is 1. The van der Waals surface area contributed by atoms with Crippen LogP contribution in [0, 0.1) is 0 Å². The average molecular weight is 248 g/mol. The Kier molecular flexibility index (Phi) is 3.06. The third-order valence-electron chi connectivity index (χ3n) is 3.15. The molecule has 2 rings (SSSR count). The lowest BCUT2D eigenvalue weighted by molar-refractivity contribution is -0.131. The molecule has 0 saturated carbocycles. The molecule has 0 spiro atoms. The van der Waals surface area contributed by atoms with Crippen molar-refractivity contribution >= 4 is 17.5 Å². The monoisotopic (exact) mass is 248 g/mol. The summed E-state index contributed by atoms with van der Waals surface area (Å²) in [7, 11) is 3.18. The quantitative estimate of drug-likeness (QED) is 0.420. The summed E-state index contributed by atoms with van der Waals surface area (Å²) in [5.74, 6) is 5.04. The van der Waals surface area contributed by atoms with E-state index in [1.54, 1.807) is 30.1 Å². The van der Waals surface area contributed by atoms with E-state index < -0.39 is 6.04 Å². The standard InChI is InChI=1S/C12H16N4O2/c1-15-9-4-3-7(5-8(9)6-10(15)17)11(13)12(18)16(2)14/h3-5,11H,6,13-14H2,1-2H3. The molecule has 0 radical (unpaired) electrons. The molecule has 1 aliphatic rings.